The quantitative estimate of drug-likeness (QED) is 0.636. The highest BCUT2D eigenvalue weighted by atomic mass is 32.2. The highest BCUT2D eigenvalue weighted by Crippen LogP contribution is 2.23. The van der Waals surface area contributed by atoms with E-state index in [0.29, 0.717) is 10.9 Å². The molecule has 0 aliphatic carbocycles. The second kappa shape index (κ2) is 8.22. The maximum Gasteiger partial charge on any atom is 0.236 e. The number of hydrogen-bond acceptors (Lipinski definition) is 8. The number of thiazole rings is 1. The molecule has 0 atom stereocenters. The number of carbonyl (C=O) groups excluding carboxylic acids is 1. The minimum Gasteiger partial charge on any atom is -0.497 e. The van der Waals surface area contributed by atoms with Gasteiger partial charge in [0.15, 0.2) is 9.47 Å². The molecule has 1 aromatic carbocycles. The van der Waals surface area contributed by atoms with E-state index in [1.165, 1.54) is 40.0 Å². The maximum absolute atomic E-state index is 11.9. The van der Waals surface area contributed by atoms with Crippen molar-refractivity contribution in [2.45, 2.75) is 10.8 Å². The van der Waals surface area contributed by atoms with Crippen molar-refractivity contribution in [3.05, 3.63) is 46.4 Å². The summed E-state index contributed by atoms with van der Waals surface area (Å²) >= 11 is 4.26. The summed E-state index contributed by atoms with van der Waals surface area (Å²) < 4.78 is 5.93. The molecule has 3 rings (SSSR count). The molecule has 2 aromatic heterocycles. The Bertz CT molecular complexity index is 787. The van der Waals surface area contributed by atoms with Crippen molar-refractivity contribution in [2.24, 2.45) is 0 Å². The van der Waals surface area contributed by atoms with Crippen LogP contribution in [0.5, 0.6) is 5.75 Å². The van der Waals surface area contributed by atoms with E-state index in [4.69, 9.17) is 4.74 Å². The van der Waals surface area contributed by atoms with Crippen LogP contribution in [-0.2, 0) is 11.2 Å². The first kappa shape index (κ1) is 16.9. The van der Waals surface area contributed by atoms with Gasteiger partial charge in [0.1, 0.15) is 11.3 Å². The van der Waals surface area contributed by atoms with Crippen molar-refractivity contribution in [1.82, 2.24) is 15.2 Å². The monoisotopic (exact) mass is 378 g/mol. The minimum atomic E-state index is -0.0967. The van der Waals surface area contributed by atoms with Crippen LogP contribution in [-0.4, -0.2) is 34.0 Å². The van der Waals surface area contributed by atoms with Crippen molar-refractivity contribution in [1.29, 1.82) is 0 Å². The van der Waals surface area contributed by atoms with Crippen LogP contribution in [0.25, 0.3) is 0 Å². The molecule has 0 saturated heterocycles. The molecule has 9 heteroatoms. The standard InChI is InChI=1S/C15H14N4O2S3/c1-21-11-4-2-10(3-5-11)6-12-7-16-14(24-12)18-13(20)8-22-15-19-17-9-23-15/h2-5,7,9H,6,8H2,1H3,(H,16,18,20). The molecule has 1 amide bonds. The Hall–Kier alpha value is -1.97. The normalized spacial score (nSPS) is 10.5. The zero-order chi connectivity index (χ0) is 16.8. The van der Waals surface area contributed by atoms with Gasteiger partial charge in [0.25, 0.3) is 0 Å². The number of ether oxygens (including phenoxy) is 1. The van der Waals surface area contributed by atoms with E-state index in [1.807, 2.05) is 24.3 Å². The van der Waals surface area contributed by atoms with Crippen LogP contribution in [0.3, 0.4) is 0 Å². The third kappa shape index (κ3) is 4.76. The van der Waals surface area contributed by atoms with Gasteiger partial charge in [-0.3, -0.25) is 4.79 Å². The third-order valence-electron chi connectivity index (χ3n) is 3.00. The first-order valence-electron chi connectivity index (χ1n) is 6.99. The first-order chi connectivity index (χ1) is 11.7. The molecular weight excluding hydrogens is 364 g/mol. The Morgan fingerprint density at radius 1 is 1.33 bits per heavy atom. The van der Waals surface area contributed by atoms with Crippen molar-refractivity contribution >= 4 is 45.5 Å². The number of rotatable bonds is 7. The van der Waals surface area contributed by atoms with Gasteiger partial charge in [-0.05, 0) is 17.7 Å². The summed E-state index contributed by atoms with van der Waals surface area (Å²) in [5.41, 5.74) is 2.82. The van der Waals surface area contributed by atoms with E-state index in [2.05, 4.69) is 20.5 Å². The van der Waals surface area contributed by atoms with E-state index >= 15 is 0 Å². The molecular formula is C15H14N4O2S3. The highest BCUT2D eigenvalue weighted by molar-refractivity contribution is 8.01. The van der Waals surface area contributed by atoms with Crippen LogP contribution in [0.4, 0.5) is 5.13 Å². The summed E-state index contributed by atoms with van der Waals surface area (Å²) in [6.45, 7) is 0. The van der Waals surface area contributed by atoms with Crippen molar-refractivity contribution < 1.29 is 9.53 Å². The molecule has 124 valence electrons. The van der Waals surface area contributed by atoms with E-state index in [1.54, 1.807) is 18.8 Å². The number of carbonyl (C=O) groups is 1. The summed E-state index contributed by atoms with van der Waals surface area (Å²) in [7, 11) is 1.65. The van der Waals surface area contributed by atoms with E-state index in [9.17, 15) is 4.79 Å². The minimum absolute atomic E-state index is 0.0967. The Morgan fingerprint density at radius 3 is 2.88 bits per heavy atom. The fraction of sp³-hybridized carbons (Fsp3) is 0.200. The smallest absolute Gasteiger partial charge is 0.236 e. The lowest BCUT2D eigenvalue weighted by Gasteiger charge is -2.01. The Labute approximate surface area is 151 Å². The van der Waals surface area contributed by atoms with E-state index in [0.717, 1.165) is 21.4 Å². The van der Waals surface area contributed by atoms with Crippen LogP contribution in [0.15, 0.2) is 40.3 Å². The van der Waals surface area contributed by atoms with Crippen LogP contribution in [0, 0.1) is 0 Å². The summed E-state index contributed by atoms with van der Waals surface area (Å²) in [4.78, 5) is 17.3. The summed E-state index contributed by atoms with van der Waals surface area (Å²) in [6.07, 6.45) is 2.57. The number of thioether (sulfide) groups is 1. The van der Waals surface area contributed by atoms with Gasteiger partial charge in [-0.1, -0.05) is 35.2 Å². The molecule has 2 heterocycles. The SMILES string of the molecule is COc1ccc(Cc2cnc(NC(=O)CSc3nncs3)s2)cc1. The number of nitrogens with zero attached hydrogens (tertiary/aromatic N) is 3. The molecule has 3 aromatic rings. The number of aromatic nitrogens is 3. The average molecular weight is 379 g/mol. The zero-order valence-corrected chi connectivity index (χ0v) is 15.2. The molecule has 0 radical (unpaired) electrons. The summed E-state index contributed by atoms with van der Waals surface area (Å²) in [5.74, 6) is 1.03. The predicted octanol–water partition coefficient (Wildman–Crippen LogP) is 3.32. The van der Waals surface area contributed by atoms with Gasteiger partial charge in [-0.25, -0.2) is 4.98 Å². The van der Waals surface area contributed by atoms with Gasteiger partial charge in [0, 0.05) is 17.5 Å². The molecule has 6 nitrogen and oxygen atoms in total. The van der Waals surface area contributed by atoms with Crippen molar-refractivity contribution in [2.75, 3.05) is 18.2 Å². The van der Waals surface area contributed by atoms with Crippen LogP contribution < -0.4 is 10.1 Å². The van der Waals surface area contributed by atoms with Crippen molar-refractivity contribution in [3.63, 3.8) is 0 Å². The molecule has 0 aliphatic rings. The largest absolute Gasteiger partial charge is 0.497 e. The second-order valence-corrected chi connectivity index (χ2v) is 7.87. The maximum atomic E-state index is 11.9. The molecule has 0 saturated carbocycles. The topological polar surface area (TPSA) is 77.0 Å². The molecule has 24 heavy (non-hydrogen) atoms. The average Bonchev–Trinajstić information content (AvgIpc) is 3.26. The Balaban J connectivity index is 1.51. The Kier molecular flexibility index (Phi) is 5.78. The highest BCUT2D eigenvalue weighted by Gasteiger charge is 2.09. The summed E-state index contributed by atoms with van der Waals surface area (Å²) in [6, 6.07) is 7.92. The van der Waals surface area contributed by atoms with Gasteiger partial charge in [0.05, 0.1) is 12.9 Å². The summed E-state index contributed by atoms with van der Waals surface area (Å²) in [5, 5.41) is 11.0. The van der Waals surface area contributed by atoms with Gasteiger partial charge in [-0.2, -0.15) is 0 Å². The molecule has 0 aliphatic heterocycles. The number of benzene rings is 1. The predicted molar refractivity (Wildman–Crippen MR) is 97.2 cm³/mol. The van der Waals surface area contributed by atoms with E-state index < -0.39 is 0 Å². The number of anilines is 1. The van der Waals surface area contributed by atoms with Gasteiger partial charge < -0.3 is 10.1 Å². The van der Waals surface area contributed by atoms with Crippen LogP contribution in [0.1, 0.15) is 10.4 Å². The first-order valence-corrected chi connectivity index (χ1v) is 9.67. The number of amides is 1. The molecule has 0 bridgehead atoms. The van der Waals surface area contributed by atoms with Crippen molar-refractivity contribution in [3.8, 4) is 5.75 Å². The Morgan fingerprint density at radius 2 is 2.17 bits per heavy atom. The fourth-order valence-corrected chi connectivity index (χ4v) is 4.05. The number of hydrogen-bond donors (Lipinski definition) is 1. The van der Waals surface area contributed by atoms with Gasteiger partial charge >= 0.3 is 0 Å². The fourth-order valence-electron chi connectivity index (χ4n) is 1.90. The number of nitrogens with one attached hydrogen (secondary N) is 1. The van der Waals surface area contributed by atoms with Gasteiger partial charge in [-0.15, -0.1) is 21.5 Å². The lowest BCUT2D eigenvalue weighted by molar-refractivity contribution is -0.113. The lowest BCUT2D eigenvalue weighted by Crippen LogP contribution is -2.13. The number of methoxy groups -OCH3 is 1. The molecule has 0 fully saturated rings. The van der Waals surface area contributed by atoms with Crippen LogP contribution in [0.2, 0.25) is 0 Å². The van der Waals surface area contributed by atoms with Gasteiger partial charge in [0.2, 0.25) is 5.91 Å². The van der Waals surface area contributed by atoms with E-state index in [-0.39, 0.29) is 5.91 Å². The molecule has 0 unspecified atom stereocenters. The second-order valence-electron chi connectivity index (χ2n) is 4.70. The van der Waals surface area contributed by atoms with Crippen LogP contribution >= 0.6 is 34.4 Å². The molecule has 1 N–H and O–H groups in total. The third-order valence-corrected chi connectivity index (χ3v) is 5.78. The zero-order valence-electron chi connectivity index (χ0n) is 12.8. The molecule has 0 spiro atoms. The lowest BCUT2D eigenvalue weighted by atomic mass is 10.1.